The largest absolute Gasteiger partial charge is 0.478 e. The van der Waals surface area contributed by atoms with Crippen LogP contribution in [0.5, 0.6) is 0 Å². The van der Waals surface area contributed by atoms with Crippen molar-refractivity contribution in [3.05, 3.63) is 35.4 Å². The number of amides is 1. The molecular formula is C14H14N2O3. The molecule has 0 aliphatic rings. The van der Waals surface area contributed by atoms with Crippen molar-refractivity contribution in [2.45, 2.75) is 20.3 Å². The van der Waals surface area contributed by atoms with Gasteiger partial charge in [0.1, 0.15) is 5.82 Å². The van der Waals surface area contributed by atoms with Crippen LogP contribution in [0, 0.1) is 0 Å². The molecule has 1 amide bonds. The molecule has 2 aromatic rings. The number of aryl methyl sites for hydroxylation is 1. The van der Waals surface area contributed by atoms with Gasteiger partial charge in [0, 0.05) is 12.3 Å². The Kier molecular flexibility index (Phi) is 3.46. The maximum Gasteiger partial charge on any atom is 0.336 e. The fourth-order valence-corrected chi connectivity index (χ4v) is 1.91. The summed E-state index contributed by atoms with van der Waals surface area (Å²) >= 11 is 0. The Bertz CT molecular complexity index is 665. The van der Waals surface area contributed by atoms with E-state index in [0.29, 0.717) is 10.9 Å². The van der Waals surface area contributed by atoms with Gasteiger partial charge < -0.3 is 10.4 Å². The number of carbonyl (C=O) groups is 2. The van der Waals surface area contributed by atoms with Gasteiger partial charge in [-0.05, 0) is 30.2 Å². The molecule has 2 rings (SSSR count). The Morgan fingerprint density at radius 2 is 2.05 bits per heavy atom. The minimum atomic E-state index is -1.03. The van der Waals surface area contributed by atoms with E-state index in [-0.39, 0.29) is 17.3 Å². The van der Waals surface area contributed by atoms with Gasteiger partial charge in [-0.2, -0.15) is 0 Å². The zero-order chi connectivity index (χ0) is 14.0. The molecule has 2 N–H and O–H groups in total. The summed E-state index contributed by atoms with van der Waals surface area (Å²) in [7, 11) is 0. The van der Waals surface area contributed by atoms with Gasteiger partial charge in [0.05, 0.1) is 11.1 Å². The summed E-state index contributed by atoms with van der Waals surface area (Å²) in [4.78, 5) is 26.6. The van der Waals surface area contributed by atoms with Crippen LogP contribution < -0.4 is 5.32 Å². The van der Waals surface area contributed by atoms with Crippen LogP contribution >= 0.6 is 0 Å². The van der Waals surface area contributed by atoms with Gasteiger partial charge in [0.2, 0.25) is 5.91 Å². The minimum Gasteiger partial charge on any atom is -0.478 e. The highest BCUT2D eigenvalue weighted by Crippen LogP contribution is 2.22. The van der Waals surface area contributed by atoms with E-state index in [2.05, 4.69) is 10.3 Å². The molecule has 1 heterocycles. The quantitative estimate of drug-likeness (QED) is 0.886. The second-order valence-electron chi connectivity index (χ2n) is 4.25. The molecule has 1 aromatic heterocycles. The van der Waals surface area contributed by atoms with Crippen molar-refractivity contribution in [3.63, 3.8) is 0 Å². The number of aromatic carboxylic acids is 1. The third-order valence-electron chi connectivity index (χ3n) is 2.82. The van der Waals surface area contributed by atoms with Crippen LogP contribution in [0.2, 0.25) is 0 Å². The van der Waals surface area contributed by atoms with E-state index in [0.717, 1.165) is 12.0 Å². The Morgan fingerprint density at radius 3 is 2.63 bits per heavy atom. The van der Waals surface area contributed by atoms with Crippen molar-refractivity contribution in [3.8, 4) is 0 Å². The number of hydrogen-bond donors (Lipinski definition) is 2. The molecule has 5 heteroatoms. The average Bonchev–Trinajstić information content (AvgIpc) is 2.36. The van der Waals surface area contributed by atoms with Crippen molar-refractivity contribution < 1.29 is 14.7 Å². The first kappa shape index (κ1) is 13.0. The normalized spacial score (nSPS) is 10.4. The monoisotopic (exact) mass is 258 g/mol. The number of benzene rings is 1. The first-order valence-electron chi connectivity index (χ1n) is 5.96. The van der Waals surface area contributed by atoms with E-state index in [1.165, 1.54) is 13.0 Å². The number of aromatic nitrogens is 1. The molecule has 0 unspecified atom stereocenters. The number of carboxylic acid groups (broad SMARTS) is 1. The molecule has 98 valence electrons. The third kappa shape index (κ3) is 2.70. The predicted molar refractivity (Wildman–Crippen MR) is 72.4 cm³/mol. The summed E-state index contributed by atoms with van der Waals surface area (Å²) in [6.07, 6.45) is 0.822. The zero-order valence-electron chi connectivity index (χ0n) is 10.7. The van der Waals surface area contributed by atoms with E-state index >= 15 is 0 Å². The van der Waals surface area contributed by atoms with Gasteiger partial charge in [-0.3, -0.25) is 4.79 Å². The molecule has 0 fully saturated rings. The fourth-order valence-electron chi connectivity index (χ4n) is 1.91. The van der Waals surface area contributed by atoms with E-state index < -0.39 is 5.97 Å². The molecule has 0 spiro atoms. The number of hydrogen-bond acceptors (Lipinski definition) is 3. The molecule has 1 aromatic carbocycles. The van der Waals surface area contributed by atoms with E-state index in [1.54, 1.807) is 6.07 Å². The standard InChI is InChI=1S/C14H14N2O3/c1-3-9-4-5-12-10(6-9)11(14(18)19)7-13(16-12)15-8(2)17/h4-7H,3H2,1-2H3,(H,18,19)(H,15,16,17). The lowest BCUT2D eigenvalue weighted by atomic mass is 10.0. The highest BCUT2D eigenvalue weighted by Gasteiger charge is 2.12. The number of anilines is 1. The highest BCUT2D eigenvalue weighted by molar-refractivity contribution is 6.04. The molecule has 0 radical (unpaired) electrons. The van der Waals surface area contributed by atoms with Crippen LogP contribution in [-0.4, -0.2) is 22.0 Å². The van der Waals surface area contributed by atoms with Crippen LogP contribution in [0.3, 0.4) is 0 Å². The number of carboxylic acids is 1. The first-order chi connectivity index (χ1) is 9.01. The zero-order valence-corrected chi connectivity index (χ0v) is 10.7. The summed E-state index contributed by atoms with van der Waals surface area (Å²) in [5, 5.41) is 12.4. The van der Waals surface area contributed by atoms with E-state index in [9.17, 15) is 14.7 Å². The van der Waals surface area contributed by atoms with Crippen molar-refractivity contribution in [2.75, 3.05) is 5.32 Å². The number of fused-ring (bicyclic) bond motifs is 1. The maximum absolute atomic E-state index is 11.3. The lowest BCUT2D eigenvalue weighted by Crippen LogP contribution is -2.09. The molecular weight excluding hydrogens is 244 g/mol. The van der Waals surface area contributed by atoms with Crippen LogP contribution in [0.1, 0.15) is 29.8 Å². The number of nitrogens with zero attached hydrogens (tertiary/aromatic N) is 1. The smallest absolute Gasteiger partial charge is 0.336 e. The Balaban J connectivity index is 2.68. The molecule has 0 aliphatic carbocycles. The number of carbonyl (C=O) groups excluding carboxylic acids is 1. The Morgan fingerprint density at radius 1 is 1.32 bits per heavy atom. The fraction of sp³-hybridized carbons (Fsp3) is 0.214. The van der Waals surface area contributed by atoms with Crippen LogP contribution in [-0.2, 0) is 11.2 Å². The van der Waals surface area contributed by atoms with Crippen molar-refractivity contribution >= 4 is 28.6 Å². The topological polar surface area (TPSA) is 79.3 Å². The van der Waals surface area contributed by atoms with E-state index in [4.69, 9.17) is 0 Å². The van der Waals surface area contributed by atoms with Crippen molar-refractivity contribution in [2.24, 2.45) is 0 Å². The molecule has 5 nitrogen and oxygen atoms in total. The minimum absolute atomic E-state index is 0.143. The predicted octanol–water partition coefficient (Wildman–Crippen LogP) is 2.45. The van der Waals surface area contributed by atoms with Crippen molar-refractivity contribution in [1.82, 2.24) is 4.98 Å². The van der Waals surface area contributed by atoms with Crippen molar-refractivity contribution in [1.29, 1.82) is 0 Å². The number of pyridine rings is 1. The molecule has 0 aliphatic heterocycles. The van der Waals surface area contributed by atoms with Crippen LogP contribution in [0.15, 0.2) is 24.3 Å². The molecule has 0 atom stereocenters. The van der Waals surface area contributed by atoms with Crippen LogP contribution in [0.25, 0.3) is 10.9 Å². The SMILES string of the molecule is CCc1ccc2nc(NC(C)=O)cc(C(=O)O)c2c1. The first-order valence-corrected chi connectivity index (χ1v) is 5.96. The Labute approximate surface area is 110 Å². The summed E-state index contributed by atoms with van der Waals surface area (Å²) in [6.45, 7) is 3.35. The highest BCUT2D eigenvalue weighted by atomic mass is 16.4. The van der Waals surface area contributed by atoms with Gasteiger partial charge in [0.25, 0.3) is 0 Å². The summed E-state index contributed by atoms with van der Waals surface area (Å²) < 4.78 is 0. The second-order valence-corrected chi connectivity index (χ2v) is 4.25. The number of rotatable bonds is 3. The van der Waals surface area contributed by atoms with Gasteiger partial charge in [-0.25, -0.2) is 9.78 Å². The third-order valence-corrected chi connectivity index (χ3v) is 2.82. The lowest BCUT2D eigenvalue weighted by Gasteiger charge is -2.08. The van der Waals surface area contributed by atoms with Gasteiger partial charge in [0.15, 0.2) is 0 Å². The van der Waals surface area contributed by atoms with Gasteiger partial charge >= 0.3 is 5.97 Å². The van der Waals surface area contributed by atoms with E-state index in [1.807, 2.05) is 19.1 Å². The lowest BCUT2D eigenvalue weighted by molar-refractivity contribution is -0.114. The Hall–Kier alpha value is -2.43. The summed E-state index contributed by atoms with van der Waals surface area (Å²) in [5.74, 6) is -1.07. The molecule has 0 saturated heterocycles. The second kappa shape index (κ2) is 5.06. The average molecular weight is 258 g/mol. The number of nitrogens with one attached hydrogen (secondary N) is 1. The molecule has 19 heavy (non-hydrogen) atoms. The maximum atomic E-state index is 11.3. The summed E-state index contributed by atoms with van der Waals surface area (Å²) in [5.41, 5.74) is 1.74. The molecule has 0 saturated carbocycles. The van der Waals surface area contributed by atoms with Gasteiger partial charge in [-0.15, -0.1) is 0 Å². The molecule has 0 bridgehead atoms. The summed E-state index contributed by atoms with van der Waals surface area (Å²) in [6, 6.07) is 6.87. The van der Waals surface area contributed by atoms with Crippen LogP contribution in [0.4, 0.5) is 5.82 Å². The van der Waals surface area contributed by atoms with Gasteiger partial charge in [-0.1, -0.05) is 13.0 Å².